The van der Waals surface area contributed by atoms with E-state index < -0.39 is 6.04 Å². The molecule has 0 saturated heterocycles. The number of carbonyl (C=O) groups excluding carboxylic acids is 2. The van der Waals surface area contributed by atoms with Gasteiger partial charge in [-0.3, -0.25) is 9.59 Å². The first-order chi connectivity index (χ1) is 14.3. The van der Waals surface area contributed by atoms with E-state index in [4.69, 9.17) is 11.6 Å². The summed E-state index contributed by atoms with van der Waals surface area (Å²) in [5, 5.41) is 3.19. The maximum absolute atomic E-state index is 14.0. The molecule has 0 fully saturated rings. The van der Waals surface area contributed by atoms with Gasteiger partial charge in [-0.25, -0.2) is 4.39 Å². The molecule has 2 aromatic carbocycles. The number of halogens is 3. The van der Waals surface area contributed by atoms with Crippen molar-refractivity contribution in [3.63, 3.8) is 0 Å². The van der Waals surface area contributed by atoms with Crippen LogP contribution in [-0.4, -0.2) is 35.1 Å². The van der Waals surface area contributed by atoms with Gasteiger partial charge in [0.25, 0.3) is 0 Å². The highest BCUT2D eigenvalue weighted by molar-refractivity contribution is 9.10. The van der Waals surface area contributed by atoms with Crippen LogP contribution in [0.3, 0.4) is 0 Å². The maximum Gasteiger partial charge on any atom is 0.242 e. The molecule has 162 valence electrons. The summed E-state index contributed by atoms with van der Waals surface area (Å²) >= 11 is 10.7. The summed E-state index contributed by atoms with van der Waals surface area (Å²) in [5.41, 5.74) is 1.30. The van der Waals surface area contributed by atoms with Crippen LogP contribution in [0, 0.1) is 5.82 Å². The summed E-state index contributed by atoms with van der Waals surface area (Å²) in [7, 11) is 0. The largest absolute Gasteiger partial charge is 0.354 e. The van der Waals surface area contributed by atoms with Crippen molar-refractivity contribution in [1.29, 1.82) is 0 Å². The smallest absolute Gasteiger partial charge is 0.242 e. The molecule has 2 aromatic rings. The number of carbonyl (C=O) groups is 2. The molecule has 1 atom stereocenters. The minimum Gasteiger partial charge on any atom is -0.354 e. The van der Waals surface area contributed by atoms with Crippen molar-refractivity contribution in [2.75, 3.05) is 12.3 Å². The van der Waals surface area contributed by atoms with Gasteiger partial charge in [0, 0.05) is 33.9 Å². The van der Waals surface area contributed by atoms with Crippen molar-refractivity contribution in [2.24, 2.45) is 0 Å². The second-order valence-corrected chi connectivity index (χ2v) is 9.12. The lowest BCUT2D eigenvalue weighted by atomic mass is 10.1. The lowest BCUT2D eigenvalue weighted by Gasteiger charge is -2.28. The van der Waals surface area contributed by atoms with Crippen LogP contribution in [0.4, 0.5) is 4.39 Å². The summed E-state index contributed by atoms with van der Waals surface area (Å²) < 4.78 is 14.9. The van der Waals surface area contributed by atoms with E-state index in [0.29, 0.717) is 23.7 Å². The van der Waals surface area contributed by atoms with E-state index in [-0.39, 0.29) is 29.1 Å². The molecule has 0 spiro atoms. The zero-order valence-corrected chi connectivity index (χ0v) is 20.1. The van der Waals surface area contributed by atoms with Crippen LogP contribution in [-0.2, 0) is 21.9 Å². The Kier molecular flexibility index (Phi) is 10.1. The lowest BCUT2D eigenvalue weighted by Crippen LogP contribution is -2.48. The average molecular weight is 516 g/mol. The van der Waals surface area contributed by atoms with Gasteiger partial charge in [-0.1, -0.05) is 52.7 Å². The molecule has 1 N–H and O–H groups in total. The number of benzene rings is 2. The second-order valence-electron chi connectivity index (χ2n) is 6.81. The highest BCUT2D eigenvalue weighted by Crippen LogP contribution is 2.24. The van der Waals surface area contributed by atoms with Gasteiger partial charge in [-0.2, -0.15) is 0 Å². The number of amides is 2. The summed E-state index contributed by atoms with van der Waals surface area (Å²) in [6.45, 7) is 4.57. The Balaban J connectivity index is 2.08. The molecule has 0 aliphatic heterocycles. The summed E-state index contributed by atoms with van der Waals surface area (Å²) in [5.74, 6) is -0.368. The first-order valence-electron chi connectivity index (χ1n) is 9.65. The minimum absolute atomic E-state index is 0.118. The number of rotatable bonds is 10. The summed E-state index contributed by atoms with van der Waals surface area (Å²) in [6, 6.07) is 11.5. The van der Waals surface area contributed by atoms with Crippen LogP contribution in [0.5, 0.6) is 0 Å². The van der Waals surface area contributed by atoms with Crippen molar-refractivity contribution in [1.82, 2.24) is 10.2 Å². The lowest BCUT2D eigenvalue weighted by molar-refractivity contribution is -0.138. The van der Waals surface area contributed by atoms with Crippen LogP contribution >= 0.6 is 39.3 Å². The fourth-order valence-electron chi connectivity index (χ4n) is 2.76. The monoisotopic (exact) mass is 514 g/mol. The van der Waals surface area contributed by atoms with Crippen LogP contribution < -0.4 is 5.32 Å². The molecule has 4 nitrogen and oxygen atoms in total. The Labute approximate surface area is 194 Å². The van der Waals surface area contributed by atoms with Gasteiger partial charge in [-0.05, 0) is 43.2 Å². The third-order valence-electron chi connectivity index (χ3n) is 4.52. The molecular weight excluding hydrogens is 491 g/mol. The van der Waals surface area contributed by atoms with Crippen LogP contribution in [0.2, 0.25) is 5.02 Å². The fourth-order valence-corrected chi connectivity index (χ4v) is 4.27. The summed E-state index contributed by atoms with van der Waals surface area (Å²) in [4.78, 5) is 27.0. The minimum atomic E-state index is -0.620. The normalized spacial score (nSPS) is 11.8. The van der Waals surface area contributed by atoms with Crippen LogP contribution in [0.15, 0.2) is 46.9 Å². The Morgan fingerprint density at radius 2 is 1.93 bits per heavy atom. The van der Waals surface area contributed by atoms with Gasteiger partial charge < -0.3 is 10.2 Å². The fraction of sp³-hybridized carbons (Fsp3) is 0.364. The highest BCUT2D eigenvalue weighted by atomic mass is 79.9. The van der Waals surface area contributed by atoms with Crippen molar-refractivity contribution in [2.45, 2.75) is 38.6 Å². The molecule has 8 heteroatoms. The Morgan fingerprint density at radius 3 is 2.57 bits per heavy atom. The van der Waals surface area contributed by atoms with Crippen LogP contribution in [0.25, 0.3) is 0 Å². The molecule has 0 saturated carbocycles. The van der Waals surface area contributed by atoms with E-state index in [1.807, 2.05) is 31.2 Å². The van der Waals surface area contributed by atoms with E-state index in [1.54, 1.807) is 24.0 Å². The predicted octanol–water partition coefficient (Wildman–Crippen LogP) is 5.42. The topological polar surface area (TPSA) is 49.4 Å². The van der Waals surface area contributed by atoms with Gasteiger partial charge >= 0.3 is 0 Å². The van der Waals surface area contributed by atoms with Gasteiger partial charge in [-0.15, -0.1) is 11.8 Å². The van der Waals surface area contributed by atoms with E-state index >= 15 is 0 Å². The quantitative estimate of drug-likeness (QED) is 0.460. The Hall–Kier alpha value is -1.57. The number of thioether (sulfide) groups is 1. The average Bonchev–Trinajstić information content (AvgIpc) is 2.73. The van der Waals surface area contributed by atoms with Crippen molar-refractivity contribution >= 4 is 51.1 Å². The molecule has 0 aliphatic carbocycles. The zero-order chi connectivity index (χ0) is 22.1. The Morgan fingerprint density at radius 1 is 1.23 bits per heavy atom. The number of hydrogen-bond acceptors (Lipinski definition) is 3. The van der Waals surface area contributed by atoms with E-state index in [2.05, 4.69) is 21.2 Å². The molecule has 0 aromatic heterocycles. The maximum atomic E-state index is 14.0. The number of hydrogen-bond donors (Lipinski definition) is 1. The first kappa shape index (κ1) is 24.7. The van der Waals surface area contributed by atoms with E-state index in [1.165, 1.54) is 17.8 Å². The molecular formula is C22H25BrClFN2O2S. The van der Waals surface area contributed by atoms with Gasteiger partial charge in [0.1, 0.15) is 11.9 Å². The SMILES string of the molecule is CCCNC(=O)C(C)N(Cc1ccc(Br)cc1)C(=O)CSCc1c(F)cccc1Cl. The van der Waals surface area contributed by atoms with Crippen molar-refractivity contribution in [3.8, 4) is 0 Å². The number of nitrogens with one attached hydrogen (secondary N) is 1. The van der Waals surface area contributed by atoms with Gasteiger partial charge in [0.15, 0.2) is 0 Å². The molecule has 2 rings (SSSR count). The van der Waals surface area contributed by atoms with Gasteiger partial charge in [0.05, 0.1) is 5.75 Å². The Bertz CT molecular complexity index is 846. The zero-order valence-electron chi connectivity index (χ0n) is 17.0. The molecule has 0 aliphatic rings. The highest BCUT2D eigenvalue weighted by Gasteiger charge is 2.26. The van der Waals surface area contributed by atoms with Gasteiger partial charge in [0.2, 0.25) is 11.8 Å². The molecule has 0 radical (unpaired) electrons. The molecule has 2 amide bonds. The predicted molar refractivity (Wildman–Crippen MR) is 125 cm³/mol. The standard InChI is InChI=1S/C22H25BrClFN2O2S/c1-3-11-26-22(29)15(2)27(12-16-7-9-17(23)10-8-16)21(28)14-30-13-18-19(24)5-4-6-20(18)25/h4-10,15H,3,11-14H2,1-2H3,(H,26,29). The molecule has 0 heterocycles. The second kappa shape index (κ2) is 12.3. The summed E-state index contributed by atoms with van der Waals surface area (Å²) in [6.07, 6.45) is 0.818. The van der Waals surface area contributed by atoms with Crippen LogP contribution in [0.1, 0.15) is 31.4 Å². The van der Waals surface area contributed by atoms with Crippen molar-refractivity contribution in [3.05, 3.63) is 68.9 Å². The third kappa shape index (κ3) is 7.29. The molecule has 0 bridgehead atoms. The van der Waals surface area contributed by atoms with E-state index in [9.17, 15) is 14.0 Å². The molecule has 30 heavy (non-hydrogen) atoms. The first-order valence-corrected chi connectivity index (χ1v) is 12.0. The molecule has 1 unspecified atom stereocenters. The van der Waals surface area contributed by atoms with Crippen molar-refractivity contribution < 1.29 is 14.0 Å². The number of nitrogens with zero attached hydrogens (tertiary/aromatic N) is 1. The third-order valence-corrected chi connectivity index (χ3v) is 6.34. The van der Waals surface area contributed by atoms with E-state index in [0.717, 1.165) is 16.5 Å².